The van der Waals surface area contributed by atoms with Gasteiger partial charge >= 0.3 is 0 Å². The highest BCUT2D eigenvalue weighted by Gasteiger charge is 2.28. The van der Waals surface area contributed by atoms with Gasteiger partial charge in [0.15, 0.2) is 14.2 Å². The van der Waals surface area contributed by atoms with E-state index in [9.17, 15) is 4.79 Å². The average molecular weight is 853 g/mol. The van der Waals surface area contributed by atoms with Crippen LogP contribution in [0.15, 0.2) is 0 Å². The Morgan fingerprint density at radius 1 is 0.448 bits per heavy atom. The molecule has 0 aliphatic carbocycles. The lowest BCUT2D eigenvalue weighted by molar-refractivity contribution is -0.111. The molecule has 0 aromatic carbocycles. The molecule has 0 radical (unpaired) electrons. The molecule has 0 fully saturated rings. The number of unbranched alkanes of at least 4 members (excludes halogenated alkanes) is 36. The van der Waals surface area contributed by atoms with Crippen molar-refractivity contribution in [2.24, 2.45) is 0 Å². The fourth-order valence-corrected chi connectivity index (χ4v) is 11.5. The summed E-state index contributed by atoms with van der Waals surface area (Å²) < 4.78 is 6.77. The first-order valence-electron chi connectivity index (χ1n) is 27.0. The van der Waals surface area contributed by atoms with Gasteiger partial charge in [-0.1, -0.05) is 277 Å². The molecule has 0 saturated carbocycles. The van der Waals surface area contributed by atoms with Crippen LogP contribution in [0, 0.1) is 0 Å². The second-order valence-corrected chi connectivity index (χ2v) is 22.7. The smallest absolute Gasteiger partial charge is 0.188 e. The number of likely N-dealkylation sites (N-methyl/N-ethyl adjacent to an activating group) is 1. The molecule has 1 unspecified atom stereocenters. The third kappa shape index (κ3) is 42.8. The zero-order chi connectivity index (χ0) is 42.3. The van der Waals surface area contributed by atoms with E-state index in [0.717, 1.165) is 31.6 Å². The van der Waals surface area contributed by atoms with Gasteiger partial charge < -0.3 is 9.74 Å². The Morgan fingerprint density at radius 3 is 1.05 bits per heavy atom. The molecule has 0 aliphatic heterocycles. The van der Waals surface area contributed by atoms with Gasteiger partial charge in [0, 0.05) is 17.7 Å². The normalized spacial score (nSPS) is 12.5. The Bertz CT molecular complexity index is 766. The van der Waals surface area contributed by atoms with Gasteiger partial charge in [-0.25, -0.2) is 0 Å². The summed E-state index contributed by atoms with van der Waals surface area (Å²) in [6.45, 7) is 10.2. The molecule has 0 spiro atoms. The quantitative estimate of drug-likeness (QED) is 0.0489. The van der Waals surface area contributed by atoms with Gasteiger partial charge in [0.05, 0.1) is 6.61 Å². The van der Waals surface area contributed by atoms with Crippen molar-refractivity contribution in [2.45, 2.75) is 315 Å². The van der Waals surface area contributed by atoms with Gasteiger partial charge in [-0.3, -0.25) is 4.79 Å². The number of rotatable bonds is 50. The van der Waals surface area contributed by atoms with E-state index in [1.165, 1.54) is 263 Å². The minimum absolute atomic E-state index is 0.134. The zero-order valence-corrected chi connectivity index (χ0v) is 42.8. The van der Waals surface area contributed by atoms with Crippen LogP contribution in [0.25, 0.3) is 0 Å². The average Bonchev–Trinajstić information content (AvgIpc) is 3.23. The summed E-state index contributed by atoms with van der Waals surface area (Å²) in [5, 5.41) is 4.26. The predicted molar refractivity (Wildman–Crippen MR) is 269 cm³/mol. The summed E-state index contributed by atoms with van der Waals surface area (Å²) in [7, 11) is 0.960. The van der Waals surface area contributed by atoms with E-state index in [0.29, 0.717) is 5.12 Å². The number of carbonyl (C=O) groups excluding carboxylic acids is 1. The van der Waals surface area contributed by atoms with Gasteiger partial charge in [-0.15, -0.1) is 0 Å². The number of hydrogen-bond acceptors (Lipinski definition) is 4. The molecule has 0 aromatic rings. The third-order valence-corrected chi connectivity index (χ3v) is 16.2. The Labute approximate surface area is 373 Å². The summed E-state index contributed by atoms with van der Waals surface area (Å²) in [5.74, 6) is 0.979. The molecule has 0 bridgehead atoms. The van der Waals surface area contributed by atoms with Crippen molar-refractivity contribution >= 4 is 25.9 Å². The first-order chi connectivity index (χ1) is 28.5. The highest BCUT2D eigenvalue weighted by Crippen LogP contribution is 2.26. The molecular weight excluding hydrogens is 743 g/mol. The molecule has 3 nitrogen and oxygen atoms in total. The van der Waals surface area contributed by atoms with E-state index >= 15 is 0 Å². The van der Waals surface area contributed by atoms with Crippen LogP contribution in [0.1, 0.15) is 297 Å². The monoisotopic (exact) mass is 852 g/mol. The van der Waals surface area contributed by atoms with Crippen molar-refractivity contribution < 1.29 is 9.22 Å². The van der Waals surface area contributed by atoms with E-state index in [1.54, 1.807) is 11.8 Å². The Hall–Kier alpha value is 0.157. The van der Waals surface area contributed by atoms with Crippen molar-refractivity contribution in [2.75, 3.05) is 19.4 Å². The van der Waals surface area contributed by atoms with Crippen LogP contribution in [0.3, 0.4) is 0 Å². The summed E-state index contributed by atoms with van der Waals surface area (Å²) in [6, 6.07) is 1.19. The Balaban J connectivity index is 4.33. The number of thioether (sulfide) groups is 1. The highest BCUT2D eigenvalue weighted by molar-refractivity contribution is 8.13. The number of carbonyl (C=O) groups is 1. The van der Waals surface area contributed by atoms with Gasteiger partial charge in [-0.2, -0.15) is 0 Å². The summed E-state index contributed by atoms with van der Waals surface area (Å²) in [4.78, 5) is 12.6. The number of hydrogen-bond donors (Lipinski definition) is 1. The Kier molecular flexibility index (Phi) is 48.3. The standard InChI is InChI=1S/C53H109NO2SSi/c1-6-9-12-15-18-21-24-27-30-33-36-39-42-46-52(55)57-49-45-50-58(5)56-51-53(54-4,47-43-40-37-34-31-28-25-22-19-16-13-10-7-2)48-44-41-38-35-32-29-26-23-20-17-14-11-8-3/h54,58H,6-51H2,1-5H3. The Morgan fingerprint density at radius 2 is 0.741 bits per heavy atom. The van der Waals surface area contributed by atoms with Crippen molar-refractivity contribution in [3.05, 3.63) is 0 Å². The van der Waals surface area contributed by atoms with E-state index in [1.807, 2.05) is 0 Å². The molecule has 1 atom stereocenters. The lowest BCUT2D eigenvalue weighted by Gasteiger charge is -2.35. The third-order valence-electron chi connectivity index (χ3n) is 13.2. The summed E-state index contributed by atoms with van der Waals surface area (Å²) in [6.07, 6.45) is 58.9. The van der Waals surface area contributed by atoms with Gasteiger partial charge in [0.2, 0.25) is 0 Å². The molecule has 0 aromatic heterocycles. The van der Waals surface area contributed by atoms with Crippen LogP contribution in [0.4, 0.5) is 0 Å². The van der Waals surface area contributed by atoms with E-state index < -0.39 is 9.04 Å². The van der Waals surface area contributed by atoms with Crippen LogP contribution in [-0.2, 0) is 9.22 Å². The molecule has 1 N–H and O–H groups in total. The highest BCUT2D eigenvalue weighted by atomic mass is 32.2. The zero-order valence-electron chi connectivity index (χ0n) is 40.8. The van der Waals surface area contributed by atoms with Gasteiger partial charge in [-0.05, 0) is 45.3 Å². The maximum atomic E-state index is 12.6. The van der Waals surface area contributed by atoms with Crippen molar-refractivity contribution in [3.63, 3.8) is 0 Å². The van der Waals surface area contributed by atoms with E-state index in [4.69, 9.17) is 4.43 Å². The lowest BCUT2D eigenvalue weighted by Crippen LogP contribution is -2.48. The first-order valence-corrected chi connectivity index (χ1v) is 30.4. The van der Waals surface area contributed by atoms with Crippen LogP contribution >= 0.6 is 11.8 Å². The van der Waals surface area contributed by atoms with E-state index in [2.05, 4.69) is 39.7 Å². The molecule has 5 heteroatoms. The minimum Gasteiger partial charge on any atom is -0.418 e. The molecule has 0 heterocycles. The van der Waals surface area contributed by atoms with Crippen LogP contribution < -0.4 is 5.32 Å². The van der Waals surface area contributed by atoms with Gasteiger partial charge in [0.1, 0.15) is 0 Å². The van der Waals surface area contributed by atoms with Crippen molar-refractivity contribution in [1.82, 2.24) is 5.32 Å². The minimum atomic E-state index is -1.25. The summed E-state index contributed by atoms with van der Waals surface area (Å²) >= 11 is 1.60. The second-order valence-electron chi connectivity index (χ2n) is 19.0. The molecule has 0 rings (SSSR count). The number of nitrogens with one attached hydrogen (secondary N) is 1. The van der Waals surface area contributed by atoms with Crippen LogP contribution in [-0.4, -0.2) is 39.1 Å². The first kappa shape index (κ1) is 58.2. The summed E-state index contributed by atoms with van der Waals surface area (Å²) in [5.41, 5.74) is 0.134. The molecule has 348 valence electrons. The predicted octanol–water partition coefficient (Wildman–Crippen LogP) is 18.4. The van der Waals surface area contributed by atoms with Gasteiger partial charge in [0.25, 0.3) is 0 Å². The largest absolute Gasteiger partial charge is 0.418 e. The van der Waals surface area contributed by atoms with Crippen molar-refractivity contribution in [3.8, 4) is 0 Å². The fourth-order valence-electron chi connectivity index (χ4n) is 8.85. The molecule has 0 saturated heterocycles. The molecule has 0 aliphatic rings. The van der Waals surface area contributed by atoms with Crippen LogP contribution in [0.2, 0.25) is 12.6 Å². The van der Waals surface area contributed by atoms with Crippen molar-refractivity contribution in [1.29, 1.82) is 0 Å². The van der Waals surface area contributed by atoms with Crippen LogP contribution in [0.5, 0.6) is 0 Å². The molecule has 0 amide bonds. The lowest BCUT2D eigenvalue weighted by atomic mass is 9.87. The maximum Gasteiger partial charge on any atom is 0.188 e. The maximum absolute atomic E-state index is 12.6. The SMILES string of the molecule is CCCCCCCCCCCCCCCC(=O)SCCC[SiH](C)OCC(CCCCCCCCCCCCCCC)(CCCCCCCCCCCCCCC)NC. The second kappa shape index (κ2) is 48.2. The van der Waals surface area contributed by atoms with E-state index in [-0.39, 0.29) is 5.54 Å². The topological polar surface area (TPSA) is 38.3 Å². The molecular formula is C53H109NO2SSi. The fraction of sp³-hybridized carbons (Fsp3) is 0.981. The molecule has 58 heavy (non-hydrogen) atoms.